The number of amides is 2. The largest absolute Gasteiger partial charge is 0.385 e. The van der Waals surface area contributed by atoms with Gasteiger partial charge in [0.1, 0.15) is 5.82 Å². The topological polar surface area (TPSA) is 67.4 Å². The molecule has 0 radical (unpaired) electrons. The van der Waals surface area contributed by atoms with Crippen molar-refractivity contribution >= 4 is 33.4 Å². The molecule has 1 aromatic rings. The van der Waals surface area contributed by atoms with Crippen molar-refractivity contribution in [1.29, 1.82) is 0 Å². The standard InChI is InChI=1S/C13H16BrFN2O3/c1-8(5-6-20-2)16-12(18)13(19)17-11-7-9(14)3-4-10(11)15/h3-4,7-8H,5-6H2,1-2H3,(H,16,18)(H,17,19). The van der Waals surface area contributed by atoms with Crippen LogP contribution in [0.1, 0.15) is 13.3 Å². The van der Waals surface area contributed by atoms with Gasteiger partial charge in [0.05, 0.1) is 5.69 Å². The summed E-state index contributed by atoms with van der Waals surface area (Å²) < 4.78 is 18.9. The van der Waals surface area contributed by atoms with Gasteiger partial charge in [0, 0.05) is 24.2 Å². The third kappa shape index (κ3) is 5.26. The molecule has 0 spiro atoms. The first-order valence-electron chi connectivity index (χ1n) is 6.00. The van der Waals surface area contributed by atoms with Gasteiger partial charge in [-0.3, -0.25) is 9.59 Å². The van der Waals surface area contributed by atoms with Gasteiger partial charge in [0.2, 0.25) is 0 Å². The van der Waals surface area contributed by atoms with Crippen molar-refractivity contribution < 1.29 is 18.7 Å². The summed E-state index contributed by atoms with van der Waals surface area (Å²) >= 11 is 3.16. The number of ether oxygens (including phenoxy) is 1. The number of anilines is 1. The smallest absolute Gasteiger partial charge is 0.313 e. The molecule has 1 atom stereocenters. The first-order chi connectivity index (χ1) is 9.43. The predicted octanol–water partition coefficient (Wildman–Crippen LogP) is 2.07. The number of carbonyl (C=O) groups is 2. The van der Waals surface area contributed by atoms with E-state index < -0.39 is 17.6 Å². The number of benzene rings is 1. The number of methoxy groups -OCH3 is 1. The van der Waals surface area contributed by atoms with Crippen LogP contribution in [0.3, 0.4) is 0 Å². The molecule has 2 N–H and O–H groups in total. The Labute approximate surface area is 125 Å². The number of rotatable bonds is 5. The highest BCUT2D eigenvalue weighted by molar-refractivity contribution is 9.10. The van der Waals surface area contributed by atoms with E-state index in [1.54, 1.807) is 14.0 Å². The quantitative estimate of drug-likeness (QED) is 0.802. The fraction of sp³-hybridized carbons (Fsp3) is 0.385. The second kappa shape index (κ2) is 7.96. The Morgan fingerprint density at radius 3 is 2.75 bits per heavy atom. The molecule has 0 heterocycles. The number of carbonyl (C=O) groups excluding carboxylic acids is 2. The summed E-state index contributed by atoms with van der Waals surface area (Å²) in [4.78, 5) is 23.3. The zero-order valence-electron chi connectivity index (χ0n) is 11.2. The molecule has 1 aromatic carbocycles. The molecule has 0 aromatic heterocycles. The highest BCUT2D eigenvalue weighted by Crippen LogP contribution is 2.19. The van der Waals surface area contributed by atoms with Crippen molar-refractivity contribution in [2.75, 3.05) is 19.0 Å². The van der Waals surface area contributed by atoms with E-state index in [-0.39, 0.29) is 11.7 Å². The summed E-state index contributed by atoms with van der Waals surface area (Å²) in [5.41, 5.74) is -0.0518. The Balaban J connectivity index is 2.57. The van der Waals surface area contributed by atoms with Crippen LogP contribution in [0.5, 0.6) is 0 Å². The van der Waals surface area contributed by atoms with Crippen LogP contribution in [0.2, 0.25) is 0 Å². The molecule has 0 aliphatic carbocycles. The van der Waals surface area contributed by atoms with Crippen LogP contribution >= 0.6 is 15.9 Å². The van der Waals surface area contributed by atoms with Crippen LogP contribution in [-0.2, 0) is 14.3 Å². The minimum Gasteiger partial charge on any atom is -0.385 e. The van der Waals surface area contributed by atoms with Gasteiger partial charge in [0.25, 0.3) is 0 Å². The summed E-state index contributed by atoms with van der Waals surface area (Å²) in [5.74, 6) is -2.33. The Morgan fingerprint density at radius 2 is 2.10 bits per heavy atom. The van der Waals surface area contributed by atoms with Gasteiger partial charge in [0.15, 0.2) is 0 Å². The molecule has 7 heteroatoms. The van der Waals surface area contributed by atoms with E-state index in [2.05, 4.69) is 26.6 Å². The molecular formula is C13H16BrFN2O3. The highest BCUT2D eigenvalue weighted by atomic mass is 79.9. The molecule has 1 unspecified atom stereocenters. The minimum atomic E-state index is -0.911. The van der Waals surface area contributed by atoms with Crippen molar-refractivity contribution in [3.63, 3.8) is 0 Å². The molecule has 0 aliphatic rings. The highest BCUT2D eigenvalue weighted by Gasteiger charge is 2.17. The molecule has 0 saturated carbocycles. The minimum absolute atomic E-state index is 0.0518. The molecule has 2 amide bonds. The second-order valence-electron chi connectivity index (χ2n) is 4.23. The second-order valence-corrected chi connectivity index (χ2v) is 5.15. The van der Waals surface area contributed by atoms with Crippen LogP contribution in [0.4, 0.5) is 10.1 Å². The lowest BCUT2D eigenvalue weighted by atomic mass is 10.2. The third-order valence-corrected chi connectivity index (χ3v) is 3.01. The van der Waals surface area contributed by atoms with Gasteiger partial charge < -0.3 is 15.4 Å². The predicted molar refractivity (Wildman–Crippen MR) is 76.8 cm³/mol. The number of halogens is 2. The maximum Gasteiger partial charge on any atom is 0.313 e. The third-order valence-electron chi connectivity index (χ3n) is 2.52. The molecular weight excluding hydrogens is 331 g/mol. The number of nitrogens with one attached hydrogen (secondary N) is 2. The lowest BCUT2D eigenvalue weighted by Gasteiger charge is -2.13. The Hall–Kier alpha value is -1.47. The first kappa shape index (κ1) is 16.6. The number of hydrogen-bond acceptors (Lipinski definition) is 3. The molecule has 5 nitrogen and oxygen atoms in total. The van der Waals surface area contributed by atoms with Crippen molar-refractivity contribution in [2.24, 2.45) is 0 Å². The monoisotopic (exact) mass is 346 g/mol. The molecule has 1 rings (SSSR count). The fourth-order valence-corrected chi connectivity index (χ4v) is 1.79. The first-order valence-corrected chi connectivity index (χ1v) is 6.79. The van der Waals surface area contributed by atoms with Crippen molar-refractivity contribution in [3.05, 3.63) is 28.5 Å². The van der Waals surface area contributed by atoms with Crippen LogP contribution < -0.4 is 10.6 Å². The summed E-state index contributed by atoms with van der Waals surface area (Å²) in [6.45, 7) is 2.23. The van der Waals surface area contributed by atoms with Gasteiger partial charge in [-0.2, -0.15) is 0 Å². The molecule has 0 saturated heterocycles. The summed E-state index contributed by atoms with van der Waals surface area (Å²) in [6, 6.07) is 3.87. The Kier molecular flexibility index (Phi) is 6.60. The Bertz CT molecular complexity index is 497. The van der Waals surface area contributed by atoms with Gasteiger partial charge >= 0.3 is 11.8 Å². The van der Waals surface area contributed by atoms with E-state index >= 15 is 0 Å². The van der Waals surface area contributed by atoms with Crippen molar-refractivity contribution in [3.8, 4) is 0 Å². The molecule has 110 valence electrons. The maximum absolute atomic E-state index is 13.4. The normalized spacial score (nSPS) is 11.8. The van der Waals surface area contributed by atoms with E-state index in [1.807, 2.05) is 0 Å². The van der Waals surface area contributed by atoms with Crippen molar-refractivity contribution in [2.45, 2.75) is 19.4 Å². The van der Waals surface area contributed by atoms with Crippen molar-refractivity contribution in [1.82, 2.24) is 5.32 Å². The van der Waals surface area contributed by atoms with E-state index in [4.69, 9.17) is 4.74 Å². The molecule has 20 heavy (non-hydrogen) atoms. The van der Waals surface area contributed by atoms with E-state index in [9.17, 15) is 14.0 Å². The SMILES string of the molecule is COCCC(C)NC(=O)C(=O)Nc1cc(Br)ccc1F. The average Bonchev–Trinajstić information content (AvgIpc) is 2.40. The summed E-state index contributed by atoms with van der Waals surface area (Å²) in [7, 11) is 1.55. The van der Waals surface area contributed by atoms with E-state index in [1.165, 1.54) is 18.2 Å². The van der Waals surface area contributed by atoms with Gasteiger partial charge in [-0.25, -0.2) is 4.39 Å². The van der Waals surface area contributed by atoms with E-state index in [0.717, 1.165) is 0 Å². The lowest BCUT2D eigenvalue weighted by molar-refractivity contribution is -0.136. The van der Waals surface area contributed by atoms with Gasteiger partial charge in [-0.15, -0.1) is 0 Å². The summed E-state index contributed by atoms with van der Waals surface area (Å²) in [6.07, 6.45) is 0.584. The van der Waals surface area contributed by atoms with Crippen LogP contribution in [0.15, 0.2) is 22.7 Å². The molecule has 0 bridgehead atoms. The maximum atomic E-state index is 13.4. The summed E-state index contributed by atoms with van der Waals surface area (Å²) in [5, 5.41) is 4.73. The van der Waals surface area contributed by atoms with Crippen LogP contribution in [0, 0.1) is 5.82 Å². The Morgan fingerprint density at radius 1 is 1.40 bits per heavy atom. The average molecular weight is 347 g/mol. The number of hydrogen-bond donors (Lipinski definition) is 2. The zero-order valence-corrected chi connectivity index (χ0v) is 12.8. The van der Waals surface area contributed by atoms with Gasteiger partial charge in [-0.1, -0.05) is 15.9 Å². The van der Waals surface area contributed by atoms with Crippen LogP contribution in [-0.4, -0.2) is 31.6 Å². The fourth-order valence-electron chi connectivity index (χ4n) is 1.43. The zero-order chi connectivity index (χ0) is 15.1. The van der Waals surface area contributed by atoms with E-state index in [0.29, 0.717) is 17.5 Å². The van der Waals surface area contributed by atoms with Crippen LogP contribution in [0.25, 0.3) is 0 Å². The lowest BCUT2D eigenvalue weighted by Crippen LogP contribution is -2.41. The molecule has 0 fully saturated rings. The molecule has 0 aliphatic heterocycles. The van der Waals surface area contributed by atoms with Gasteiger partial charge in [-0.05, 0) is 31.5 Å².